The fourth-order valence-electron chi connectivity index (χ4n) is 5.05. The molecule has 1 amide bonds. The number of aryl methyl sites for hydroxylation is 2. The van der Waals surface area contributed by atoms with E-state index in [1.807, 2.05) is 18.2 Å². The van der Waals surface area contributed by atoms with Crippen LogP contribution in [0.3, 0.4) is 0 Å². The zero-order chi connectivity index (χ0) is 25.3. The Morgan fingerprint density at radius 2 is 1.64 bits per heavy atom. The first kappa shape index (κ1) is 26.2. The fraction of sp³-hybridized carbons (Fsp3) is 0.483. The molecule has 0 spiro atoms. The number of carbonyl (C=O) groups is 1. The first-order valence-electron chi connectivity index (χ1n) is 13.1. The minimum absolute atomic E-state index is 0.0346. The summed E-state index contributed by atoms with van der Waals surface area (Å²) < 4.78 is 10.9. The number of piperazine rings is 1. The van der Waals surface area contributed by atoms with Gasteiger partial charge in [-0.25, -0.2) is 0 Å². The van der Waals surface area contributed by atoms with E-state index in [0.29, 0.717) is 25.3 Å². The number of nitrogens with one attached hydrogen (secondary N) is 1. The Labute approximate surface area is 214 Å². The molecule has 2 unspecified atom stereocenters. The Morgan fingerprint density at radius 3 is 2.25 bits per heavy atom. The normalized spacial score (nSPS) is 18.1. The number of β-amino-alcohol motifs (C(OH)–C–C–N with tert-alkyl or cyclic N) is 1. The largest absolute Gasteiger partial charge is 0.462 e. The molecule has 1 fully saturated rings. The lowest BCUT2D eigenvalue weighted by Gasteiger charge is -2.36. The van der Waals surface area contributed by atoms with Crippen LogP contribution in [0.4, 0.5) is 5.69 Å². The molecule has 0 radical (unpaired) electrons. The molecule has 0 saturated carbocycles. The van der Waals surface area contributed by atoms with Crippen molar-refractivity contribution in [2.24, 2.45) is 5.92 Å². The number of hydrogen-bond acceptors (Lipinski definition) is 6. The van der Waals surface area contributed by atoms with Crippen molar-refractivity contribution in [2.75, 3.05) is 51.4 Å². The molecule has 194 valence electrons. The lowest BCUT2D eigenvalue weighted by molar-refractivity contribution is -0.117. The molecule has 2 aliphatic rings. The van der Waals surface area contributed by atoms with Gasteiger partial charge >= 0.3 is 0 Å². The molecule has 2 aliphatic heterocycles. The number of rotatable bonds is 11. The van der Waals surface area contributed by atoms with Crippen LogP contribution in [0.25, 0.3) is 0 Å². The number of carbonyl (C=O) groups excluding carboxylic acids is 1. The molecule has 36 heavy (non-hydrogen) atoms. The minimum atomic E-state index is -0.578. The third kappa shape index (κ3) is 6.87. The lowest BCUT2D eigenvalue weighted by atomic mass is 9.92. The molecule has 2 aromatic carbocycles. The van der Waals surface area contributed by atoms with Gasteiger partial charge in [-0.2, -0.15) is 0 Å². The van der Waals surface area contributed by atoms with Crippen LogP contribution in [0.15, 0.2) is 60.6 Å². The summed E-state index contributed by atoms with van der Waals surface area (Å²) in [7, 11) is 0. The summed E-state index contributed by atoms with van der Waals surface area (Å²) in [5.74, 6) is 0.581. The molecule has 0 aliphatic carbocycles. The monoisotopic (exact) mass is 493 g/mol. The summed E-state index contributed by atoms with van der Waals surface area (Å²) in [4.78, 5) is 17.3. The van der Waals surface area contributed by atoms with Crippen molar-refractivity contribution in [1.29, 1.82) is 0 Å². The van der Waals surface area contributed by atoms with Crippen molar-refractivity contribution in [3.05, 3.63) is 77.2 Å². The Bertz CT molecular complexity index is 996. The summed E-state index contributed by atoms with van der Waals surface area (Å²) in [6.07, 6.45) is 3.53. The van der Waals surface area contributed by atoms with Crippen LogP contribution in [-0.2, 0) is 33.5 Å². The smallest absolute Gasteiger partial charge is 0.238 e. The van der Waals surface area contributed by atoms with E-state index < -0.39 is 6.10 Å². The van der Waals surface area contributed by atoms with Gasteiger partial charge in [0.25, 0.3) is 0 Å². The number of aliphatic hydroxyl groups is 1. The Kier molecular flexibility index (Phi) is 9.39. The van der Waals surface area contributed by atoms with E-state index in [1.54, 1.807) is 6.26 Å². The zero-order valence-electron chi connectivity index (χ0n) is 21.5. The van der Waals surface area contributed by atoms with Crippen molar-refractivity contribution >= 4 is 11.6 Å². The molecule has 0 aromatic heterocycles. The van der Waals surface area contributed by atoms with Gasteiger partial charge in [0, 0.05) is 38.4 Å². The summed E-state index contributed by atoms with van der Waals surface area (Å²) in [5, 5.41) is 14.3. The van der Waals surface area contributed by atoms with Gasteiger partial charge in [-0.15, -0.1) is 0 Å². The van der Waals surface area contributed by atoms with Crippen molar-refractivity contribution in [3.63, 3.8) is 0 Å². The van der Waals surface area contributed by atoms with Gasteiger partial charge in [0.05, 0.1) is 18.6 Å². The van der Waals surface area contributed by atoms with Crippen molar-refractivity contribution in [3.8, 4) is 0 Å². The molecule has 2 heterocycles. The van der Waals surface area contributed by atoms with Crippen molar-refractivity contribution in [2.45, 2.75) is 39.2 Å². The molecular weight excluding hydrogens is 454 g/mol. The third-order valence-corrected chi connectivity index (χ3v) is 7.16. The highest BCUT2D eigenvalue weighted by molar-refractivity contribution is 5.93. The molecule has 2 atom stereocenters. The molecule has 4 rings (SSSR count). The van der Waals surface area contributed by atoms with Gasteiger partial charge < -0.3 is 19.9 Å². The molecule has 2 N–H and O–H groups in total. The number of nitrogens with zero attached hydrogens (tertiary/aromatic N) is 2. The quantitative estimate of drug-likeness (QED) is 0.500. The van der Waals surface area contributed by atoms with Crippen LogP contribution in [-0.4, -0.2) is 73.0 Å². The molecule has 7 nitrogen and oxygen atoms in total. The third-order valence-electron chi connectivity index (χ3n) is 7.16. The van der Waals surface area contributed by atoms with Gasteiger partial charge in [-0.3, -0.25) is 14.6 Å². The first-order valence-corrected chi connectivity index (χ1v) is 13.1. The predicted molar refractivity (Wildman–Crippen MR) is 141 cm³/mol. The number of hydrogen-bond donors (Lipinski definition) is 2. The second-order valence-corrected chi connectivity index (χ2v) is 9.60. The molecule has 2 aromatic rings. The average molecular weight is 494 g/mol. The number of ether oxygens (including phenoxy) is 2. The van der Waals surface area contributed by atoms with Gasteiger partial charge in [-0.1, -0.05) is 62.4 Å². The van der Waals surface area contributed by atoms with E-state index >= 15 is 0 Å². The summed E-state index contributed by atoms with van der Waals surface area (Å²) >= 11 is 0. The van der Waals surface area contributed by atoms with E-state index in [0.717, 1.165) is 50.3 Å². The van der Waals surface area contributed by atoms with E-state index in [-0.39, 0.29) is 18.6 Å². The Balaban J connectivity index is 1.28. The Morgan fingerprint density at radius 1 is 0.972 bits per heavy atom. The topological polar surface area (TPSA) is 74.3 Å². The van der Waals surface area contributed by atoms with Gasteiger partial charge in [-0.05, 0) is 36.0 Å². The fourth-order valence-corrected chi connectivity index (χ4v) is 5.05. The van der Waals surface area contributed by atoms with Crippen molar-refractivity contribution < 1.29 is 19.4 Å². The van der Waals surface area contributed by atoms with E-state index in [9.17, 15) is 9.90 Å². The van der Waals surface area contributed by atoms with Gasteiger partial charge in [0.2, 0.25) is 12.7 Å². The summed E-state index contributed by atoms with van der Waals surface area (Å²) in [6.45, 7) is 8.58. The van der Waals surface area contributed by atoms with Gasteiger partial charge in [0.15, 0.2) is 0 Å². The maximum absolute atomic E-state index is 12.8. The number of amides is 1. The van der Waals surface area contributed by atoms with Crippen LogP contribution < -0.4 is 5.32 Å². The van der Waals surface area contributed by atoms with Gasteiger partial charge in [0.1, 0.15) is 12.0 Å². The SMILES string of the molecule is CCc1cccc(CC)c1NC(=O)CN1CCN(CC(O)C(Cc2ccccc2)C2=COCO2)CC1. The van der Waals surface area contributed by atoms with E-state index in [4.69, 9.17) is 9.47 Å². The minimum Gasteiger partial charge on any atom is -0.462 e. The number of aliphatic hydroxyl groups excluding tert-OH is 1. The summed E-state index contributed by atoms with van der Waals surface area (Å²) in [6, 6.07) is 16.4. The summed E-state index contributed by atoms with van der Waals surface area (Å²) in [5.41, 5.74) is 4.49. The lowest BCUT2D eigenvalue weighted by Crippen LogP contribution is -2.51. The molecule has 1 saturated heterocycles. The standard InChI is InChI=1S/C29H39N3O4/c1-3-23-11-8-12-24(4-2)29(23)30-28(34)19-32-15-13-31(14-16-32)18-26(33)25(27-20-35-21-36-27)17-22-9-6-5-7-10-22/h5-12,20,25-26,33H,3-4,13-19,21H2,1-2H3,(H,30,34). The van der Waals surface area contributed by atoms with Crippen LogP contribution in [0.2, 0.25) is 0 Å². The first-order chi connectivity index (χ1) is 17.6. The van der Waals surface area contributed by atoms with Crippen LogP contribution in [0.1, 0.15) is 30.5 Å². The molecular formula is C29H39N3O4. The van der Waals surface area contributed by atoms with Crippen LogP contribution >= 0.6 is 0 Å². The van der Waals surface area contributed by atoms with E-state index in [2.05, 4.69) is 59.3 Å². The average Bonchev–Trinajstić information content (AvgIpc) is 3.44. The highest BCUT2D eigenvalue weighted by atomic mass is 16.7. The van der Waals surface area contributed by atoms with Crippen LogP contribution in [0.5, 0.6) is 0 Å². The maximum atomic E-state index is 12.8. The molecule has 0 bridgehead atoms. The van der Waals surface area contributed by atoms with E-state index in [1.165, 1.54) is 11.1 Å². The number of para-hydroxylation sites is 1. The second kappa shape index (κ2) is 12.9. The highest BCUT2D eigenvalue weighted by Crippen LogP contribution is 2.26. The zero-order valence-corrected chi connectivity index (χ0v) is 21.5. The number of anilines is 1. The Hall–Kier alpha value is -2.87. The maximum Gasteiger partial charge on any atom is 0.238 e. The number of benzene rings is 2. The second-order valence-electron chi connectivity index (χ2n) is 9.60. The molecule has 7 heteroatoms. The van der Waals surface area contributed by atoms with Crippen LogP contribution in [0, 0.1) is 5.92 Å². The highest BCUT2D eigenvalue weighted by Gasteiger charge is 2.30. The predicted octanol–water partition coefficient (Wildman–Crippen LogP) is 3.43. The van der Waals surface area contributed by atoms with Crippen molar-refractivity contribution in [1.82, 2.24) is 9.80 Å².